The molecular weight excluding hydrogens is 358 g/mol. The summed E-state index contributed by atoms with van der Waals surface area (Å²) < 4.78 is 17.0. The number of hydrogen-bond acceptors (Lipinski definition) is 5. The Hall–Kier alpha value is -1.76. The third-order valence-electron chi connectivity index (χ3n) is 4.89. The van der Waals surface area contributed by atoms with E-state index in [0.717, 1.165) is 31.2 Å². The highest BCUT2D eigenvalue weighted by molar-refractivity contribution is 5.77. The van der Waals surface area contributed by atoms with Gasteiger partial charge in [-0.1, -0.05) is 50.1 Å². The molecule has 1 aromatic rings. The topological polar surface area (TPSA) is 73.9 Å². The van der Waals surface area contributed by atoms with Crippen molar-refractivity contribution in [2.75, 3.05) is 13.7 Å². The van der Waals surface area contributed by atoms with E-state index in [-0.39, 0.29) is 18.1 Å². The number of nitrogens with one attached hydrogen (secondary N) is 1. The number of ketones is 1. The van der Waals surface area contributed by atoms with Gasteiger partial charge in [0.2, 0.25) is 12.3 Å². The molecule has 3 atom stereocenters. The minimum Gasteiger partial charge on any atom is -0.382 e. The summed E-state index contributed by atoms with van der Waals surface area (Å²) in [5.41, 5.74) is 1.06. The smallest absolute Gasteiger partial charge is 0.241 e. The van der Waals surface area contributed by atoms with Crippen LogP contribution in [0.2, 0.25) is 0 Å². The second-order valence-corrected chi connectivity index (χ2v) is 7.19. The molecule has 6 nitrogen and oxygen atoms in total. The molecule has 1 amide bonds. The van der Waals surface area contributed by atoms with Gasteiger partial charge in [-0.2, -0.15) is 0 Å². The number of amides is 1. The molecule has 1 aliphatic rings. The molecule has 1 N–H and O–H groups in total. The molecule has 0 aliphatic carbocycles. The first kappa shape index (κ1) is 22.5. The molecule has 0 aromatic heterocycles. The molecule has 0 spiro atoms. The number of unbranched alkanes of at least 4 members (excludes halogenated alkanes) is 3. The lowest BCUT2D eigenvalue weighted by Crippen LogP contribution is -2.46. The van der Waals surface area contributed by atoms with Crippen LogP contribution in [0, 0.1) is 0 Å². The summed E-state index contributed by atoms with van der Waals surface area (Å²) in [7, 11) is 1.64. The summed E-state index contributed by atoms with van der Waals surface area (Å²) in [4.78, 5) is 23.5. The molecule has 1 aromatic carbocycles. The summed E-state index contributed by atoms with van der Waals surface area (Å²) in [6.07, 6.45) is 4.93. The molecule has 28 heavy (non-hydrogen) atoms. The van der Waals surface area contributed by atoms with Gasteiger partial charge in [-0.05, 0) is 18.4 Å². The number of methoxy groups -OCH3 is 1. The second-order valence-electron chi connectivity index (χ2n) is 7.19. The lowest BCUT2D eigenvalue weighted by atomic mass is 10.0. The highest BCUT2D eigenvalue weighted by atomic mass is 16.7. The molecule has 1 heterocycles. The normalized spacial score (nSPS) is 22.0. The van der Waals surface area contributed by atoms with E-state index in [9.17, 15) is 9.59 Å². The number of benzene rings is 1. The Morgan fingerprint density at radius 3 is 2.46 bits per heavy atom. The zero-order valence-electron chi connectivity index (χ0n) is 17.0. The van der Waals surface area contributed by atoms with Gasteiger partial charge in [0.25, 0.3) is 0 Å². The van der Waals surface area contributed by atoms with Gasteiger partial charge in [0.1, 0.15) is 5.78 Å². The molecule has 3 unspecified atom stereocenters. The minimum absolute atomic E-state index is 0.0838. The Labute approximate surface area is 167 Å². The van der Waals surface area contributed by atoms with Crippen molar-refractivity contribution in [3.8, 4) is 0 Å². The lowest BCUT2D eigenvalue weighted by molar-refractivity contribution is -0.262. The van der Waals surface area contributed by atoms with Gasteiger partial charge in [0, 0.05) is 32.8 Å². The monoisotopic (exact) mass is 391 g/mol. The van der Waals surface area contributed by atoms with Crippen LogP contribution in [-0.2, 0) is 23.8 Å². The highest BCUT2D eigenvalue weighted by Crippen LogP contribution is 2.30. The standard InChI is InChI=1S/C22H33NO5/c1-3-18(24)13-9-4-5-10-14-21(25)23-22-27-19(16-26-2)15-20(28-22)17-11-7-6-8-12-17/h6-8,11-12,19-20,22H,3-5,9-10,13-16H2,1-2H3,(H,23,25). The number of carbonyl (C=O) groups excluding carboxylic acids is 2. The van der Waals surface area contributed by atoms with Crippen LogP contribution in [0.15, 0.2) is 30.3 Å². The second kappa shape index (κ2) is 12.6. The molecule has 0 bridgehead atoms. The van der Waals surface area contributed by atoms with Gasteiger partial charge < -0.3 is 19.5 Å². The third kappa shape index (κ3) is 8.09. The molecule has 1 aliphatic heterocycles. The minimum atomic E-state index is -0.770. The maximum Gasteiger partial charge on any atom is 0.241 e. The fourth-order valence-corrected chi connectivity index (χ4v) is 3.29. The van der Waals surface area contributed by atoms with E-state index in [1.165, 1.54) is 0 Å². The number of Topliss-reactive ketones (excluding diaryl/α,β-unsaturated/α-hetero) is 1. The van der Waals surface area contributed by atoms with Crippen LogP contribution < -0.4 is 5.32 Å². The van der Waals surface area contributed by atoms with Crippen molar-refractivity contribution in [1.82, 2.24) is 5.32 Å². The lowest BCUT2D eigenvalue weighted by Gasteiger charge is -2.35. The van der Waals surface area contributed by atoms with Crippen molar-refractivity contribution in [1.29, 1.82) is 0 Å². The van der Waals surface area contributed by atoms with Crippen molar-refractivity contribution in [2.45, 2.75) is 76.9 Å². The van der Waals surface area contributed by atoms with E-state index in [1.807, 2.05) is 37.3 Å². The fraction of sp³-hybridized carbons (Fsp3) is 0.636. The predicted octanol–water partition coefficient (Wildman–Crippen LogP) is 3.90. The van der Waals surface area contributed by atoms with Crippen LogP contribution in [0.4, 0.5) is 0 Å². The van der Waals surface area contributed by atoms with Gasteiger partial charge >= 0.3 is 0 Å². The van der Waals surface area contributed by atoms with E-state index < -0.39 is 6.41 Å². The van der Waals surface area contributed by atoms with Crippen molar-refractivity contribution < 1.29 is 23.8 Å². The first-order chi connectivity index (χ1) is 13.6. The van der Waals surface area contributed by atoms with E-state index in [4.69, 9.17) is 14.2 Å². The van der Waals surface area contributed by atoms with Crippen LogP contribution in [0.3, 0.4) is 0 Å². The Morgan fingerprint density at radius 1 is 1.07 bits per heavy atom. The molecule has 0 saturated carbocycles. The maximum atomic E-state index is 12.2. The van der Waals surface area contributed by atoms with Crippen molar-refractivity contribution >= 4 is 11.7 Å². The number of ether oxygens (including phenoxy) is 3. The van der Waals surface area contributed by atoms with Crippen LogP contribution in [0.25, 0.3) is 0 Å². The summed E-state index contributed by atoms with van der Waals surface area (Å²) in [6.45, 7) is 2.34. The van der Waals surface area contributed by atoms with Crippen LogP contribution in [0.1, 0.15) is 70.0 Å². The molecule has 1 saturated heterocycles. The fourth-order valence-electron chi connectivity index (χ4n) is 3.29. The molecule has 6 heteroatoms. The Morgan fingerprint density at radius 2 is 1.79 bits per heavy atom. The number of hydrogen-bond donors (Lipinski definition) is 1. The predicted molar refractivity (Wildman–Crippen MR) is 107 cm³/mol. The highest BCUT2D eigenvalue weighted by Gasteiger charge is 2.31. The summed E-state index contributed by atoms with van der Waals surface area (Å²) in [6, 6.07) is 9.94. The molecule has 2 rings (SSSR count). The van der Waals surface area contributed by atoms with Gasteiger partial charge in [0.15, 0.2) is 0 Å². The zero-order chi connectivity index (χ0) is 20.2. The van der Waals surface area contributed by atoms with E-state index in [1.54, 1.807) is 7.11 Å². The van der Waals surface area contributed by atoms with Crippen molar-refractivity contribution in [3.63, 3.8) is 0 Å². The zero-order valence-corrected chi connectivity index (χ0v) is 17.0. The van der Waals surface area contributed by atoms with Crippen LogP contribution >= 0.6 is 0 Å². The molecular formula is C22H33NO5. The first-order valence-electron chi connectivity index (χ1n) is 10.3. The van der Waals surface area contributed by atoms with E-state index >= 15 is 0 Å². The quantitative estimate of drug-likeness (QED) is 0.547. The Kier molecular flexibility index (Phi) is 10.2. The van der Waals surface area contributed by atoms with Gasteiger partial charge in [-0.15, -0.1) is 0 Å². The number of carbonyl (C=O) groups is 2. The summed E-state index contributed by atoms with van der Waals surface area (Å²) in [5, 5.41) is 2.83. The van der Waals surface area contributed by atoms with Gasteiger partial charge in [-0.25, -0.2) is 0 Å². The van der Waals surface area contributed by atoms with E-state index in [0.29, 0.717) is 38.1 Å². The maximum absolute atomic E-state index is 12.2. The molecule has 1 fully saturated rings. The summed E-state index contributed by atoms with van der Waals surface area (Å²) in [5.74, 6) is 0.224. The van der Waals surface area contributed by atoms with Gasteiger partial charge in [-0.3, -0.25) is 9.59 Å². The van der Waals surface area contributed by atoms with Crippen molar-refractivity contribution in [2.24, 2.45) is 0 Å². The number of rotatable bonds is 12. The van der Waals surface area contributed by atoms with Crippen molar-refractivity contribution in [3.05, 3.63) is 35.9 Å². The van der Waals surface area contributed by atoms with Gasteiger partial charge in [0.05, 0.1) is 18.8 Å². The van der Waals surface area contributed by atoms with Crippen LogP contribution in [-0.4, -0.2) is 37.9 Å². The van der Waals surface area contributed by atoms with E-state index in [2.05, 4.69) is 5.32 Å². The molecule has 0 radical (unpaired) electrons. The SMILES string of the molecule is CCC(=O)CCCCCCC(=O)NC1OC(COC)CC(c2ccccc2)O1. The Bertz CT molecular complexity index is 592. The Balaban J connectivity index is 1.74. The third-order valence-corrected chi connectivity index (χ3v) is 4.89. The first-order valence-corrected chi connectivity index (χ1v) is 10.3. The molecule has 156 valence electrons. The average Bonchev–Trinajstić information content (AvgIpc) is 2.71. The van der Waals surface area contributed by atoms with Crippen LogP contribution in [0.5, 0.6) is 0 Å². The largest absolute Gasteiger partial charge is 0.382 e. The summed E-state index contributed by atoms with van der Waals surface area (Å²) >= 11 is 0. The average molecular weight is 392 g/mol.